The number of nitrogens with one attached hydrogen (secondary N) is 1. The van der Waals surface area contributed by atoms with Crippen molar-refractivity contribution < 1.29 is 27.9 Å². The third-order valence-corrected chi connectivity index (χ3v) is 3.61. The molecule has 120 valence electrons. The molecule has 1 aliphatic heterocycles. The smallest absolute Gasteiger partial charge is 0.416 e. The second kappa shape index (κ2) is 6.13. The summed E-state index contributed by atoms with van der Waals surface area (Å²) < 4.78 is 38.2. The maximum Gasteiger partial charge on any atom is 0.416 e. The largest absolute Gasteiger partial charge is 0.480 e. The van der Waals surface area contributed by atoms with Crippen LogP contribution in [0.5, 0.6) is 0 Å². The highest BCUT2D eigenvalue weighted by Gasteiger charge is 2.33. The number of carboxylic acid groups (broad SMARTS) is 1. The van der Waals surface area contributed by atoms with Gasteiger partial charge in [-0.3, -0.25) is 9.59 Å². The fourth-order valence-corrected chi connectivity index (χ4v) is 2.33. The third-order valence-electron chi connectivity index (χ3n) is 3.28. The van der Waals surface area contributed by atoms with Gasteiger partial charge in [0, 0.05) is 19.6 Å². The number of carbonyl (C=O) groups is 2. The Hall–Kier alpha value is -1.80. The maximum absolute atomic E-state index is 12.7. The first-order valence-electron chi connectivity index (χ1n) is 6.32. The van der Waals surface area contributed by atoms with Gasteiger partial charge in [0.1, 0.15) is 6.04 Å². The average molecular weight is 337 g/mol. The zero-order chi connectivity index (χ0) is 16.5. The molecule has 5 nitrogen and oxygen atoms in total. The summed E-state index contributed by atoms with van der Waals surface area (Å²) in [4.78, 5) is 24.4. The summed E-state index contributed by atoms with van der Waals surface area (Å²) in [6, 6.07) is 1.52. The molecule has 1 aromatic rings. The molecule has 0 unspecified atom stereocenters. The Balaban J connectivity index is 2.27. The van der Waals surface area contributed by atoms with Gasteiger partial charge in [-0.2, -0.15) is 13.2 Å². The predicted octanol–water partition coefficient (Wildman–Crippen LogP) is 1.86. The summed E-state index contributed by atoms with van der Waals surface area (Å²) in [5.41, 5.74) is -1.27. The topological polar surface area (TPSA) is 69.6 Å². The van der Waals surface area contributed by atoms with Crippen molar-refractivity contribution in [1.82, 2.24) is 10.2 Å². The normalized spacial score (nSPS) is 19.1. The fraction of sp³-hybridized carbons (Fsp3) is 0.385. The molecule has 1 aliphatic rings. The lowest BCUT2D eigenvalue weighted by Gasteiger charge is -2.32. The van der Waals surface area contributed by atoms with E-state index >= 15 is 0 Å². The Morgan fingerprint density at radius 1 is 1.36 bits per heavy atom. The molecule has 1 amide bonds. The van der Waals surface area contributed by atoms with Gasteiger partial charge in [-0.1, -0.05) is 11.6 Å². The molecule has 0 saturated carbocycles. The Morgan fingerprint density at radius 3 is 2.64 bits per heavy atom. The molecule has 0 spiro atoms. The fourth-order valence-electron chi connectivity index (χ4n) is 2.14. The van der Waals surface area contributed by atoms with E-state index in [2.05, 4.69) is 5.32 Å². The number of rotatable bonds is 2. The van der Waals surface area contributed by atoms with Crippen LogP contribution in [0.25, 0.3) is 0 Å². The molecular formula is C13H12ClF3N2O3. The summed E-state index contributed by atoms with van der Waals surface area (Å²) in [5.74, 6) is -1.85. The van der Waals surface area contributed by atoms with Crippen molar-refractivity contribution in [2.24, 2.45) is 0 Å². The van der Waals surface area contributed by atoms with E-state index in [0.29, 0.717) is 6.07 Å². The number of hydrogen-bond acceptors (Lipinski definition) is 3. The number of nitrogens with zero attached hydrogens (tertiary/aromatic N) is 1. The molecule has 2 N–H and O–H groups in total. The van der Waals surface area contributed by atoms with E-state index in [0.717, 1.165) is 12.1 Å². The summed E-state index contributed by atoms with van der Waals surface area (Å²) in [5, 5.41) is 11.5. The minimum atomic E-state index is -4.59. The van der Waals surface area contributed by atoms with Gasteiger partial charge in [0.2, 0.25) is 0 Å². The van der Waals surface area contributed by atoms with Crippen LogP contribution >= 0.6 is 11.6 Å². The number of benzene rings is 1. The van der Waals surface area contributed by atoms with Crippen molar-refractivity contribution in [2.75, 3.05) is 19.6 Å². The first-order valence-corrected chi connectivity index (χ1v) is 6.70. The highest BCUT2D eigenvalue weighted by atomic mass is 35.5. The molecule has 2 rings (SSSR count). The van der Waals surface area contributed by atoms with Crippen LogP contribution in [0, 0.1) is 0 Å². The van der Waals surface area contributed by atoms with Crippen molar-refractivity contribution in [1.29, 1.82) is 0 Å². The Labute approximate surface area is 128 Å². The van der Waals surface area contributed by atoms with Crippen molar-refractivity contribution in [3.05, 3.63) is 34.3 Å². The standard InChI is InChI=1S/C13H12ClF3N2O3/c14-9-2-1-7(13(15,16)17)5-8(9)11(20)19-4-3-18-10(6-19)12(21)22/h1-2,5,10,18H,3-4,6H2,(H,21,22)/t10-/m1/s1. The van der Waals surface area contributed by atoms with Crippen LogP contribution in [0.2, 0.25) is 5.02 Å². The van der Waals surface area contributed by atoms with Gasteiger partial charge in [0.05, 0.1) is 16.1 Å². The number of alkyl halides is 3. The van der Waals surface area contributed by atoms with Gasteiger partial charge >= 0.3 is 12.1 Å². The molecule has 1 aromatic carbocycles. The van der Waals surface area contributed by atoms with E-state index in [9.17, 15) is 22.8 Å². The predicted molar refractivity (Wildman–Crippen MR) is 71.8 cm³/mol. The number of piperazine rings is 1. The molecule has 22 heavy (non-hydrogen) atoms. The Kier molecular flexibility index (Phi) is 4.62. The van der Waals surface area contributed by atoms with Crippen molar-refractivity contribution in [3.63, 3.8) is 0 Å². The van der Waals surface area contributed by atoms with E-state index in [-0.39, 0.29) is 30.2 Å². The van der Waals surface area contributed by atoms with Crippen LogP contribution < -0.4 is 5.32 Å². The van der Waals surface area contributed by atoms with Crippen molar-refractivity contribution in [3.8, 4) is 0 Å². The Bertz CT molecular complexity index is 607. The molecule has 0 bridgehead atoms. The number of amides is 1. The first kappa shape index (κ1) is 16.6. The van der Waals surface area contributed by atoms with Crippen LogP contribution in [0.15, 0.2) is 18.2 Å². The van der Waals surface area contributed by atoms with Gasteiger partial charge in [0.25, 0.3) is 5.91 Å². The van der Waals surface area contributed by atoms with E-state index in [1.807, 2.05) is 0 Å². The number of carbonyl (C=O) groups excluding carboxylic acids is 1. The van der Waals surface area contributed by atoms with Crippen LogP contribution in [0.1, 0.15) is 15.9 Å². The van der Waals surface area contributed by atoms with Crippen LogP contribution in [-0.4, -0.2) is 47.6 Å². The molecule has 1 fully saturated rings. The van der Waals surface area contributed by atoms with Gasteiger partial charge in [-0.25, -0.2) is 0 Å². The molecular weight excluding hydrogens is 325 g/mol. The van der Waals surface area contributed by atoms with Gasteiger partial charge in [-0.15, -0.1) is 0 Å². The number of hydrogen-bond donors (Lipinski definition) is 2. The number of aliphatic carboxylic acids is 1. The highest BCUT2D eigenvalue weighted by molar-refractivity contribution is 6.33. The number of halogens is 4. The van der Waals surface area contributed by atoms with Gasteiger partial charge in [0.15, 0.2) is 0 Å². The summed E-state index contributed by atoms with van der Waals surface area (Å²) in [6.45, 7) is 0.287. The van der Waals surface area contributed by atoms with E-state index < -0.39 is 29.7 Å². The van der Waals surface area contributed by atoms with Gasteiger partial charge in [-0.05, 0) is 18.2 Å². The van der Waals surface area contributed by atoms with Crippen molar-refractivity contribution in [2.45, 2.75) is 12.2 Å². The Morgan fingerprint density at radius 2 is 2.05 bits per heavy atom. The lowest BCUT2D eigenvalue weighted by Crippen LogP contribution is -2.55. The van der Waals surface area contributed by atoms with Crippen LogP contribution in [-0.2, 0) is 11.0 Å². The minimum Gasteiger partial charge on any atom is -0.480 e. The quantitative estimate of drug-likeness (QED) is 0.865. The molecule has 0 radical (unpaired) electrons. The van der Waals surface area contributed by atoms with E-state index in [1.54, 1.807) is 0 Å². The molecule has 1 heterocycles. The maximum atomic E-state index is 12.7. The van der Waals surface area contributed by atoms with Crippen LogP contribution in [0.3, 0.4) is 0 Å². The van der Waals surface area contributed by atoms with E-state index in [1.165, 1.54) is 4.90 Å². The number of carboxylic acids is 1. The summed E-state index contributed by atoms with van der Waals surface area (Å²) in [7, 11) is 0. The molecule has 1 saturated heterocycles. The van der Waals surface area contributed by atoms with E-state index in [4.69, 9.17) is 16.7 Å². The average Bonchev–Trinajstić information content (AvgIpc) is 2.46. The zero-order valence-corrected chi connectivity index (χ0v) is 11.9. The lowest BCUT2D eigenvalue weighted by atomic mass is 10.1. The van der Waals surface area contributed by atoms with Crippen LogP contribution in [0.4, 0.5) is 13.2 Å². The molecule has 0 aliphatic carbocycles. The third kappa shape index (κ3) is 3.50. The summed E-state index contributed by atoms with van der Waals surface area (Å²) in [6.07, 6.45) is -4.59. The monoisotopic (exact) mass is 336 g/mol. The molecule has 0 aromatic heterocycles. The lowest BCUT2D eigenvalue weighted by molar-refractivity contribution is -0.140. The molecule has 1 atom stereocenters. The first-order chi connectivity index (χ1) is 10.2. The minimum absolute atomic E-state index is 0.108. The van der Waals surface area contributed by atoms with Gasteiger partial charge < -0.3 is 15.3 Å². The summed E-state index contributed by atoms with van der Waals surface area (Å²) >= 11 is 5.81. The highest BCUT2D eigenvalue weighted by Crippen LogP contribution is 2.32. The molecule has 9 heteroatoms. The second-order valence-corrected chi connectivity index (χ2v) is 5.20. The zero-order valence-electron chi connectivity index (χ0n) is 11.2. The second-order valence-electron chi connectivity index (χ2n) is 4.79. The SMILES string of the molecule is O=C(O)[C@H]1CN(C(=O)c2cc(C(F)(F)F)ccc2Cl)CCN1. The van der Waals surface area contributed by atoms with Crippen molar-refractivity contribution >= 4 is 23.5 Å².